The average Bonchev–Trinajstić information content (AvgIpc) is 2.90. The maximum absolute atomic E-state index is 4.50. The Kier molecular flexibility index (Phi) is 3.63. The number of fused-ring (bicyclic) bond motifs is 1. The molecule has 2 fully saturated rings. The fourth-order valence-electron chi connectivity index (χ4n) is 4.33. The molecule has 1 aromatic heterocycles. The second-order valence-electron chi connectivity index (χ2n) is 7.20. The zero-order valence-corrected chi connectivity index (χ0v) is 13.4. The number of rotatable bonds is 2. The van der Waals surface area contributed by atoms with Crippen molar-refractivity contribution in [2.45, 2.75) is 32.7 Å². The summed E-state index contributed by atoms with van der Waals surface area (Å²) >= 11 is 0. The van der Waals surface area contributed by atoms with Crippen LogP contribution in [-0.2, 0) is 6.54 Å². The third-order valence-corrected chi connectivity index (χ3v) is 5.54. The molecule has 116 valence electrons. The molecule has 3 nitrogen and oxygen atoms in total. The van der Waals surface area contributed by atoms with E-state index in [1.54, 1.807) is 0 Å². The lowest BCUT2D eigenvalue weighted by atomic mass is 9.78. The van der Waals surface area contributed by atoms with Crippen LogP contribution in [0.5, 0.6) is 0 Å². The van der Waals surface area contributed by atoms with Crippen molar-refractivity contribution in [2.24, 2.45) is 5.41 Å². The van der Waals surface area contributed by atoms with Gasteiger partial charge in [-0.15, -0.1) is 0 Å². The van der Waals surface area contributed by atoms with Crippen LogP contribution in [0, 0.1) is 12.3 Å². The van der Waals surface area contributed by atoms with Gasteiger partial charge in [0.25, 0.3) is 0 Å². The van der Waals surface area contributed by atoms with Gasteiger partial charge in [0, 0.05) is 24.7 Å². The number of aryl methyl sites for hydroxylation is 1. The molecular weight excluding hydrogens is 270 g/mol. The Hall–Kier alpha value is -1.45. The largest absolute Gasteiger partial charge is 0.317 e. The normalized spacial score (nSPS) is 21.7. The lowest BCUT2D eigenvalue weighted by Gasteiger charge is -2.34. The van der Waals surface area contributed by atoms with Gasteiger partial charge in [-0.1, -0.05) is 12.1 Å². The number of benzene rings is 1. The molecule has 0 bridgehead atoms. The van der Waals surface area contributed by atoms with E-state index in [2.05, 4.69) is 40.3 Å². The molecule has 0 saturated carbocycles. The van der Waals surface area contributed by atoms with E-state index in [9.17, 15) is 0 Å². The first kappa shape index (κ1) is 14.2. The van der Waals surface area contributed by atoms with E-state index in [4.69, 9.17) is 0 Å². The highest BCUT2D eigenvalue weighted by molar-refractivity contribution is 5.82. The Labute approximate surface area is 132 Å². The van der Waals surface area contributed by atoms with Crippen LogP contribution >= 0.6 is 0 Å². The van der Waals surface area contributed by atoms with E-state index < -0.39 is 0 Å². The zero-order chi connectivity index (χ0) is 15.0. The van der Waals surface area contributed by atoms with Crippen molar-refractivity contribution in [3.05, 3.63) is 41.6 Å². The predicted octanol–water partition coefficient (Wildman–Crippen LogP) is 3.12. The van der Waals surface area contributed by atoms with E-state index in [-0.39, 0.29) is 0 Å². The lowest BCUT2D eigenvalue weighted by molar-refractivity contribution is 0.194. The molecule has 2 aliphatic rings. The minimum absolute atomic E-state index is 0.596. The summed E-state index contributed by atoms with van der Waals surface area (Å²) < 4.78 is 0. The summed E-state index contributed by atoms with van der Waals surface area (Å²) in [5.41, 5.74) is 4.47. The van der Waals surface area contributed by atoms with Crippen molar-refractivity contribution >= 4 is 10.9 Å². The molecule has 2 saturated heterocycles. The number of piperidine rings is 1. The van der Waals surface area contributed by atoms with Gasteiger partial charge in [0.15, 0.2) is 0 Å². The lowest BCUT2D eigenvalue weighted by Crippen LogP contribution is -2.38. The van der Waals surface area contributed by atoms with Crippen LogP contribution in [0.2, 0.25) is 0 Å². The Morgan fingerprint density at radius 1 is 1.23 bits per heavy atom. The minimum Gasteiger partial charge on any atom is -0.317 e. The first-order valence-electron chi connectivity index (χ1n) is 8.52. The maximum atomic E-state index is 4.50. The molecule has 0 amide bonds. The first-order valence-corrected chi connectivity index (χ1v) is 8.52. The van der Waals surface area contributed by atoms with E-state index in [0.29, 0.717) is 5.41 Å². The molecule has 1 spiro atoms. The van der Waals surface area contributed by atoms with Crippen LogP contribution in [0.3, 0.4) is 0 Å². The summed E-state index contributed by atoms with van der Waals surface area (Å²) in [6.07, 6.45) is 5.97. The second kappa shape index (κ2) is 5.64. The van der Waals surface area contributed by atoms with E-state index in [1.807, 2.05) is 12.3 Å². The zero-order valence-electron chi connectivity index (χ0n) is 13.4. The summed E-state index contributed by atoms with van der Waals surface area (Å²) in [5, 5.41) is 4.77. The number of hydrogen-bond donors (Lipinski definition) is 1. The van der Waals surface area contributed by atoms with E-state index in [1.165, 1.54) is 62.0 Å². The van der Waals surface area contributed by atoms with Gasteiger partial charge >= 0.3 is 0 Å². The number of likely N-dealkylation sites (tertiary alicyclic amines) is 1. The summed E-state index contributed by atoms with van der Waals surface area (Å²) in [7, 11) is 0. The van der Waals surface area contributed by atoms with Crippen LogP contribution in [0.4, 0.5) is 0 Å². The van der Waals surface area contributed by atoms with Gasteiger partial charge in [0.2, 0.25) is 0 Å². The third-order valence-electron chi connectivity index (χ3n) is 5.54. The third kappa shape index (κ3) is 2.64. The number of nitrogens with one attached hydrogen (secondary N) is 1. The molecule has 22 heavy (non-hydrogen) atoms. The molecule has 3 heteroatoms. The maximum Gasteiger partial charge on any atom is 0.0731 e. The van der Waals surface area contributed by atoms with Crippen molar-refractivity contribution in [1.29, 1.82) is 0 Å². The Morgan fingerprint density at radius 2 is 2.09 bits per heavy atom. The Bertz CT molecular complexity index is 673. The van der Waals surface area contributed by atoms with Crippen LogP contribution in [0.15, 0.2) is 30.5 Å². The molecule has 3 heterocycles. The quantitative estimate of drug-likeness (QED) is 0.922. The van der Waals surface area contributed by atoms with Crippen molar-refractivity contribution in [2.75, 3.05) is 26.2 Å². The fraction of sp³-hybridized carbons (Fsp3) is 0.526. The summed E-state index contributed by atoms with van der Waals surface area (Å²) in [6, 6.07) is 8.86. The number of aromatic nitrogens is 1. The topological polar surface area (TPSA) is 28.2 Å². The Morgan fingerprint density at radius 3 is 2.95 bits per heavy atom. The molecule has 2 aromatic rings. The monoisotopic (exact) mass is 295 g/mol. The summed E-state index contributed by atoms with van der Waals surface area (Å²) in [4.78, 5) is 7.16. The van der Waals surface area contributed by atoms with Crippen molar-refractivity contribution in [1.82, 2.24) is 15.2 Å². The smallest absolute Gasteiger partial charge is 0.0731 e. The predicted molar refractivity (Wildman–Crippen MR) is 90.9 cm³/mol. The summed E-state index contributed by atoms with van der Waals surface area (Å²) in [6.45, 7) is 8.20. The molecule has 0 aliphatic carbocycles. The van der Waals surface area contributed by atoms with Gasteiger partial charge in [-0.05, 0) is 74.5 Å². The molecule has 1 N–H and O–H groups in total. The second-order valence-corrected chi connectivity index (χ2v) is 7.20. The van der Waals surface area contributed by atoms with Crippen molar-refractivity contribution in [3.8, 4) is 0 Å². The van der Waals surface area contributed by atoms with Gasteiger partial charge in [-0.2, -0.15) is 0 Å². The molecule has 2 aliphatic heterocycles. The van der Waals surface area contributed by atoms with Gasteiger partial charge < -0.3 is 5.32 Å². The highest BCUT2D eigenvalue weighted by Crippen LogP contribution is 2.39. The molecule has 0 radical (unpaired) electrons. The minimum atomic E-state index is 0.596. The highest BCUT2D eigenvalue weighted by Gasteiger charge is 2.38. The molecular formula is C19H25N3. The standard InChI is InChI=1S/C19H25N3/c1-15-11-16(12-17-3-2-7-21-18(15)17)13-22-10-6-19(14-22)4-8-20-9-5-19/h2-3,7,11-12,20H,4-6,8-10,13-14H2,1H3. The molecule has 0 unspecified atom stereocenters. The van der Waals surface area contributed by atoms with Gasteiger partial charge in [-0.3, -0.25) is 9.88 Å². The van der Waals surface area contributed by atoms with Crippen LogP contribution in [-0.4, -0.2) is 36.1 Å². The summed E-state index contributed by atoms with van der Waals surface area (Å²) in [5.74, 6) is 0. The van der Waals surface area contributed by atoms with E-state index in [0.717, 1.165) is 12.1 Å². The van der Waals surface area contributed by atoms with Crippen molar-refractivity contribution in [3.63, 3.8) is 0 Å². The molecule has 4 rings (SSSR count). The van der Waals surface area contributed by atoms with Gasteiger partial charge in [0.1, 0.15) is 0 Å². The van der Waals surface area contributed by atoms with Gasteiger partial charge in [0.05, 0.1) is 5.52 Å². The van der Waals surface area contributed by atoms with Gasteiger partial charge in [-0.25, -0.2) is 0 Å². The highest BCUT2D eigenvalue weighted by atomic mass is 15.2. The number of nitrogens with zero attached hydrogens (tertiary/aromatic N) is 2. The van der Waals surface area contributed by atoms with Crippen LogP contribution < -0.4 is 5.32 Å². The Balaban J connectivity index is 1.52. The van der Waals surface area contributed by atoms with E-state index >= 15 is 0 Å². The fourth-order valence-corrected chi connectivity index (χ4v) is 4.33. The SMILES string of the molecule is Cc1cc(CN2CCC3(CCNCC3)C2)cc2cccnc12. The van der Waals surface area contributed by atoms with Crippen molar-refractivity contribution < 1.29 is 0 Å². The molecule has 0 atom stereocenters. The van der Waals surface area contributed by atoms with Crippen LogP contribution in [0.1, 0.15) is 30.4 Å². The first-order chi connectivity index (χ1) is 10.7. The van der Waals surface area contributed by atoms with Crippen LogP contribution in [0.25, 0.3) is 10.9 Å². The number of hydrogen-bond acceptors (Lipinski definition) is 3. The number of pyridine rings is 1. The molecule has 1 aromatic carbocycles. The average molecular weight is 295 g/mol.